The molecule has 2 N–H and O–H groups in total. The number of fused-ring (bicyclic) bond motifs is 1. The standard InChI is InChI=1S/C13H9ClN4O/c14-12-11(15)13(18-7-17-12)19-10-3-1-2-8-6-16-5-4-9(8)10/h1-7H,15H2. The first kappa shape index (κ1) is 11.7. The molecule has 0 atom stereocenters. The third-order valence-corrected chi connectivity index (χ3v) is 2.95. The monoisotopic (exact) mass is 272 g/mol. The number of anilines is 1. The molecular formula is C13H9ClN4O. The molecule has 0 saturated carbocycles. The third kappa shape index (κ3) is 2.15. The highest BCUT2D eigenvalue weighted by Gasteiger charge is 2.10. The van der Waals surface area contributed by atoms with Gasteiger partial charge in [0.2, 0.25) is 5.88 Å². The molecule has 19 heavy (non-hydrogen) atoms. The number of nitrogens with zero attached hydrogens (tertiary/aromatic N) is 3. The van der Waals surface area contributed by atoms with E-state index in [0.717, 1.165) is 10.8 Å². The van der Waals surface area contributed by atoms with E-state index in [-0.39, 0.29) is 16.7 Å². The van der Waals surface area contributed by atoms with Gasteiger partial charge in [0, 0.05) is 23.2 Å². The van der Waals surface area contributed by atoms with E-state index in [1.54, 1.807) is 12.4 Å². The number of aromatic nitrogens is 3. The number of nitrogen functional groups attached to an aromatic ring is 1. The van der Waals surface area contributed by atoms with Gasteiger partial charge in [-0.25, -0.2) is 4.98 Å². The summed E-state index contributed by atoms with van der Waals surface area (Å²) in [6.45, 7) is 0. The van der Waals surface area contributed by atoms with E-state index in [9.17, 15) is 0 Å². The van der Waals surface area contributed by atoms with Crippen molar-refractivity contribution in [3.05, 3.63) is 48.1 Å². The van der Waals surface area contributed by atoms with Crippen LogP contribution < -0.4 is 10.5 Å². The van der Waals surface area contributed by atoms with Crippen LogP contribution in [0.4, 0.5) is 5.69 Å². The number of rotatable bonds is 2. The molecule has 0 saturated heterocycles. The highest BCUT2D eigenvalue weighted by atomic mass is 35.5. The Morgan fingerprint density at radius 3 is 2.95 bits per heavy atom. The third-order valence-electron chi connectivity index (χ3n) is 2.65. The fourth-order valence-corrected chi connectivity index (χ4v) is 1.85. The lowest BCUT2D eigenvalue weighted by molar-refractivity contribution is 0.469. The van der Waals surface area contributed by atoms with E-state index in [1.165, 1.54) is 6.33 Å². The van der Waals surface area contributed by atoms with Crippen LogP contribution in [0.3, 0.4) is 0 Å². The number of pyridine rings is 1. The summed E-state index contributed by atoms with van der Waals surface area (Å²) in [6, 6.07) is 7.52. The van der Waals surface area contributed by atoms with E-state index in [0.29, 0.717) is 5.75 Å². The van der Waals surface area contributed by atoms with Gasteiger partial charge in [0.1, 0.15) is 17.8 Å². The van der Waals surface area contributed by atoms with Crippen LogP contribution in [0.5, 0.6) is 11.6 Å². The molecule has 0 bridgehead atoms. The van der Waals surface area contributed by atoms with Crippen LogP contribution in [0, 0.1) is 0 Å². The first-order valence-electron chi connectivity index (χ1n) is 5.52. The summed E-state index contributed by atoms with van der Waals surface area (Å²) in [5.41, 5.74) is 6.00. The lowest BCUT2D eigenvalue weighted by Gasteiger charge is -2.09. The normalized spacial score (nSPS) is 10.6. The summed E-state index contributed by atoms with van der Waals surface area (Å²) in [4.78, 5) is 11.8. The zero-order valence-electron chi connectivity index (χ0n) is 9.75. The number of nitrogens with two attached hydrogens (primary N) is 1. The number of hydrogen-bond acceptors (Lipinski definition) is 5. The number of hydrogen-bond donors (Lipinski definition) is 1. The largest absolute Gasteiger partial charge is 0.436 e. The zero-order chi connectivity index (χ0) is 13.2. The van der Waals surface area contributed by atoms with E-state index >= 15 is 0 Å². The van der Waals surface area contributed by atoms with Crippen LogP contribution in [0.2, 0.25) is 5.15 Å². The molecule has 6 heteroatoms. The Morgan fingerprint density at radius 1 is 1.16 bits per heavy atom. The first-order valence-corrected chi connectivity index (χ1v) is 5.90. The Hall–Kier alpha value is -2.40. The van der Waals surface area contributed by atoms with Crippen LogP contribution in [-0.2, 0) is 0 Å². The van der Waals surface area contributed by atoms with Gasteiger partial charge in [0.25, 0.3) is 0 Å². The average molecular weight is 273 g/mol. The Morgan fingerprint density at radius 2 is 2.05 bits per heavy atom. The van der Waals surface area contributed by atoms with Crippen LogP contribution in [0.15, 0.2) is 43.0 Å². The molecule has 0 spiro atoms. The second kappa shape index (κ2) is 4.70. The fourth-order valence-electron chi connectivity index (χ4n) is 1.73. The highest BCUT2D eigenvalue weighted by Crippen LogP contribution is 2.32. The lowest BCUT2D eigenvalue weighted by Crippen LogP contribution is -1.97. The van der Waals surface area contributed by atoms with Gasteiger partial charge >= 0.3 is 0 Å². The Bertz CT molecular complexity index is 742. The Labute approximate surface area is 114 Å². The average Bonchev–Trinajstić information content (AvgIpc) is 2.44. The summed E-state index contributed by atoms with van der Waals surface area (Å²) >= 11 is 5.83. The molecular weight excluding hydrogens is 264 g/mol. The maximum absolute atomic E-state index is 5.83. The maximum Gasteiger partial charge on any atom is 0.247 e. The minimum Gasteiger partial charge on any atom is -0.436 e. The lowest BCUT2D eigenvalue weighted by atomic mass is 10.1. The molecule has 0 radical (unpaired) electrons. The van der Waals surface area contributed by atoms with E-state index in [1.807, 2.05) is 24.3 Å². The summed E-state index contributed by atoms with van der Waals surface area (Å²) in [5, 5.41) is 2.07. The van der Waals surface area contributed by atoms with Crippen LogP contribution in [0.1, 0.15) is 0 Å². The molecule has 2 aromatic heterocycles. The van der Waals surface area contributed by atoms with Crippen molar-refractivity contribution in [2.45, 2.75) is 0 Å². The molecule has 5 nitrogen and oxygen atoms in total. The molecule has 0 aliphatic heterocycles. The van der Waals surface area contributed by atoms with Crippen molar-refractivity contribution in [3.63, 3.8) is 0 Å². The van der Waals surface area contributed by atoms with E-state index in [4.69, 9.17) is 22.1 Å². The van der Waals surface area contributed by atoms with Crippen molar-refractivity contribution in [1.82, 2.24) is 15.0 Å². The van der Waals surface area contributed by atoms with E-state index < -0.39 is 0 Å². The minimum absolute atomic E-state index is 0.173. The van der Waals surface area contributed by atoms with Gasteiger partial charge in [-0.05, 0) is 12.1 Å². The van der Waals surface area contributed by atoms with E-state index in [2.05, 4.69) is 15.0 Å². The molecule has 3 rings (SSSR count). The van der Waals surface area contributed by atoms with Crippen molar-refractivity contribution >= 4 is 28.1 Å². The second-order valence-corrected chi connectivity index (χ2v) is 4.20. The molecule has 94 valence electrons. The zero-order valence-corrected chi connectivity index (χ0v) is 10.5. The van der Waals surface area contributed by atoms with Gasteiger partial charge < -0.3 is 10.5 Å². The molecule has 0 amide bonds. The van der Waals surface area contributed by atoms with Gasteiger partial charge in [0.15, 0.2) is 5.15 Å². The van der Waals surface area contributed by atoms with Gasteiger partial charge in [0.05, 0.1) is 0 Å². The smallest absolute Gasteiger partial charge is 0.247 e. The van der Waals surface area contributed by atoms with Gasteiger partial charge in [-0.15, -0.1) is 0 Å². The Balaban J connectivity index is 2.09. The Kier molecular flexibility index (Phi) is 2.89. The van der Waals surface area contributed by atoms with Crippen molar-refractivity contribution in [1.29, 1.82) is 0 Å². The molecule has 0 fully saturated rings. The first-order chi connectivity index (χ1) is 9.25. The summed E-state index contributed by atoms with van der Waals surface area (Å²) < 4.78 is 5.71. The number of ether oxygens (including phenoxy) is 1. The summed E-state index contributed by atoms with van der Waals surface area (Å²) in [7, 11) is 0. The van der Waals surface area contributed by atoms with Gasteiger partial charge in [-0.1, -0.05) is 23.7 Å². The van der Waals surface area contributed by atoms with Crippen molar-refractivity contribution in [3.8, 4) is 11.6 Å². The SMILES string of the molecule is Nc1c(Cl)ncnc1Oc1cccc2cnccc12. The molecule has 2 heterocycles. The van der Waals surface area contributed by atoms with Crippen molar-refractivity contribution < 1.29 is 4.74 Å². The highest BCUT2D eigenvalue weighted by molar-refractivity contribution is 6.32. The fraction of sp³-hybridized carbons (Fsp3) is 0. The number of halogens is 1. The summed E-state index contributed by atoms with van der Waals surface area (Å²) in [6.07, 6.45) is 4.77. The van der Waals surface area contributed by atoms with Gasteiger partial charge in [-0.3, -0.25) is 4.98 Å². The maximum atomic E-state index is 5.83. The van der Waals surface area contributed by atoms with Crippen LogP contribution in [-0.4, -0.2) is 15.0 Å². The van der Waals surface area contributed by atoms with Gasteiger partial charge in [-0.2, -0.15) is 4.98 Å². The quantitative estimate of drug-likeness (QED) is 0.726. The summed E-state index contributed by atoms with van der Waals surface area (Å²) in [5.74, 6) is 0.880. The minimum atomic E-state index is 0.173. The molecule has 0 aliphatic rings. The number of benzene rings is 1. The predicted octanol–water partition coefficient (Wildman–Crippen LogP) is 3.05. The van der Waals surface area contributed by atoms with Crippen molar-refractivity contribution in [2.75, 3.05) is 5.73 Å². The molecule has 0 aliphatic carbocycles. The molecule has 3 aromatic rings. The topological polar surface area (TPSA) is 73.9 Å². The molecule has 0 unspecified atom stereocenters. The van der Waals surface area contributed by atoms with Crippen molar-refractivity contribution in [2.24, 2.45) is 0 Å². The molecule has 1 aromatic carbocycles. The van der Waals surface area contributed by atoms with Crippen LogP contribution in [0.25, 0.3) is 10.8 Å². The second-order valence-electron chi connectivity index (χ2n) is 3.84. The predicted molar refractivity (Wildman–Crippen MR) is 73.3 cm³/mol. The van der Waals surface area contributed by atoms with Crippen LogP contribution >= 0.6 is 11.6 Å².